The van der Waals surface area contributed by atoms with Gasteiger partial charge in [-0.05, 0) is 43.9 Å². The van der Waals surface area contributed by atoms with Gasteiger partial charge in [0.15, 0.2) is 0 Å². The van der Waals surface area contributed by atoms with Crippen molar-refractivity contribution >= 4 is 11.6 Å². The molecule has 5 heteroatoms. The van der Waals surface area contributed by atoms with Crippen molar-refractivity contribution in [3.05, 3.63) is 46.0 Å². The van der Waals surface area contributed by atoms with Crippen LogP contribution < -0.4 is 0 Å². The first-order chi connectivity index (χ1) is 9.20. The Morgan fingerprint density at radius 1 is 1.32 bits per heavy atom. The number of benzene rings is 1. The number of nitrogens with zero attached hydrogens (tertiary/aromatic N) is 3. The van der Waals surface area contributed by atoms with Crippen molar-refractivity contribution < 1.29 is 4.39 Å². The number of nitriles is 1. The van der Waals surface area contributed by atoms with E-state index in [1.807, 2.05) is 0 Å². The summed E-state index contributed by atoms with van der Waals surface area (Å²) in [6, 6.07) is 6.53. The van der Waals surface area contributed by atoms with Gasteiger partial charge in [-0.25, -0.2) is 9.07 Å². The Bertz CT molecular complexity index is 685. The summed E-state index contributed by atoms with van der Waals surface area (Å²) in [6.45, 7) is 0. The molecule has 0 unspecified atom stereocenters. The van der Waals surface area contributed by atoms with E-state index in [1.165, 1.54) is 10.7 Å². The summed E-state index contributed by atoms with van der Waals surface area (Å²) in [4.78, 5) is 0. The fourth-order valence-electron chi connectivity index (χ4n) is 2.50. The predicted octanol–water partition coefficient (Wildman–Crippen LogP) is 3.42. The molecule has 0 bridgehead atoms. The maximum atomic E-state index is 14.0. The maximum Gasteiger partial charge on any atom is 0.150 e. The van der Waals surface area contributed by atoms with E-state index in [-0.39, 0.29) is 5.69 Å². The lowest BCUT2D eigenvalue weighted by Crippen LogP contribution is -2.03. The lowest BCUT2D eigenvalue weighted by molar-refractivity contribution is 0.608. The van der Waals surface area contributed by atoms with Crippen molar-refractivity contribution in [2.45, 2.75) is 25.7 Å². The van der Waals surface area contributed by atoms with E-state index in [0.717, 1.165) is 36.9 Å². The van der Waals surface area contributed by atoms with Crippen LogP contribution in [-0.4, -0.2) is 9.78 Å². The third-order valence-electron chi connectivity index (χ3n) is 3.40. The Kier molecular flexibility index (Phi) is 3.00. The van der Waals surface area contributed by atoms with Gasteiger partial charge in [-0.15, -0.1) is 0 Å². The summed E-state index contributed by atoms with van der Waals surface area (Å²) >= 11 is 5.74. The molecule has 1 aromatic heterocycles. The first-order valence-corrected chi connectivity index (χ1v) is 6.55. The van der Waals surface area contributed by atoms with Gasteiger partial charge in [-0.2, -0.15) is 10.4 Å². The number of fused-ring (bicyclic) bond motifs is 1. The van der Waals surface area contributed by atoms with E-state index in [0.29, 0.717) is 10.7 Å². The Balaban J connectivity index is 2.20. The van der Waals surface area contributed by atoms with Crippen molar-refractivity contribution in [3.63, 3.8) is 0 Å². The fraction of sp³-hybridized carbons (Fsp3) is 0.286. The second-order valence-corrected chi connectivity index (χ2v) is 5.04. The SMILES string of the molecule is N#Cc1c2c(nn1-c1ccc(Cl)cc1F)CCCC2. The van der Waals surface area contributed by atoms with Crippen LogP contribution in [0.4, 0.5) is 4.39 Å². The highest BCUT2D eigenvalue weighted by Gasteiger charge is 2.22. The first kappa shape index (κ1) is 12.2. The molecule has 0 radical (unpaired) electrons. The average Bonchev–Trinajstić information content (AvgIpc) is 2.76. The molecule has 1 heterocycles. The molecule has 1 aromatic carbocycles. The topological polar surface area (TPSA) is 41.6 Å². The molecule has 0 atom stereocenters. The molecule has 0 N–H and O–H groups in total. The van der Waals surface area contributed by atoms with Crippen molar-refractivity contribution in [2.24, 2.45) is 0 Å². The lowest BCUT2D eigenvalue weighted by Gasteiger charge is -2.08. The molecule has 0 saturated carbocycles. The molecule has 0 spiro atoms. The Hall–Kier alpha value is -1.86. The molecule has 3 nitrogen and oxygen atoms in total. The normalized spacial score (nSPS) is 13.9. The fourth-order valence-corrected chi connectivity index (χ4v) is 2.65. The van der Waals surface area contributed by atoms with Crippen LogP contribution in [0.5, 0.6) is 0 Å². The molecular formula is C14H11ClFN3. The van der Waals surface area contributed by atoms with E-state index in [9.17, 15) is 9.65 Å². The highest BCUT2D eigenvalue weighted by Crippen LogP contribution is 2.27. The second-order valence-electron chi connectivity index (χ2n) is 4.60. The summed E-state index contributed by atoms with van der Waals surface area (Å²) in [7, 11) is 0. The molecule has 0 saturated heterocycles. The average molecular weight is 276 g/mol. The molecule has 0 fully saturated rings. The largest absolute Gasteiger partial charge is 0.220 e. The molecular weight excluding hydrogens is 265 g/mol. The zero-order valence-electron chi connectivity index (χ0n) is 10.2. The molecule has 19 heavy (non-hydrogen) atoms. The minimum Gasteiger partial charge on any atom is -0.220 e. The highest BCUT2D eigenvalue weighted by molar-refractivity contribution is 6.30. The van der Waals surface area contributed by atoms with E-state index < -0.39 is 5.82 Å². The molecule has 1 aliphatic carbocycles. The van der Waals surface area contributed by atoms with Crippen molar-refractivity contribution in [3.8, 4) is 11.8 Å². The molecule has 96 valence electrons. The molecule has 0 aliphatic heterocycles. The number of rotatable bonds is 1. The van der Waals surface area contributed by atoms with Crippen LogP contribution in [0.2, 0.25) is 5.02 Å². The number of hydrogen-bond acceptors (Lipinski definition) is 2. The molecule has 3 rings (SSSR count). The summed E-state index contributed by atoms with van der Waals surface area (Å²) in [5.41, 5.74) is 2.59. The van der Waals surface area contributed by atoms with Crippen LogP contribution in [0.25, 0.3) is 5.69 Å². The standard InChI is InChI=1S/C14H11ClFN3/c15-9-5-6-13(11(16)7-9)19-14(8-17)10-3-1-2-4-12(10)18-19/h5-7H,1-4H2. The van der Waals surface area contributed by atoms with Gasteiger partial charge >= 0.3 is 0 Å². The highest BCUT2D eigenvalue weighted by atomic mass is 35.5. The van der Waals surface area contributed by atoms with Crippen LogP contribution in [-0.2, 0) is 12.8 Å². The second kappa shape index (κ2) is 4.67. The van der Waals surface area contributed by atoms with Crippen LogP contribution in [0.3, 0.4) is 0 Å². The van der Waals surface area contributed by atoms with Crippen LogP contribution in [0.15, 0.2) is 18.2 Å². The van der Waals surface area contributed by atoms with E-state index in [2.05, 4.69) is 11.2 Å². The molecule has 2 aromatic rings. The number of halogens is 2. The van der Waals surface area contributed by atoms with Crippen LogP contribution >= 0.6 is 11.6 Å². The lowest BCUT2D eigenvalue weighted by atomic mass is 9.96. The Morgan fingerprint density at radius 2 is 2.11 bits per heavy atom. The Labute approximate surface area is 115 Å². The van der Waals surface area contributed by atoms with Gasteiger partial charge in [-0.3, -0.25) is 0 Å². The van der Waals surface area contributed by atoms with E-state index in [1.54, 1.807) is 12.1 Å². The van der Waals surface area contributed by atoms with E-state index in [4.69, 9.17) is 11.6 Å². The van der Waals surface area contributed by atoms with Crippen LogP contribution in [0.1, 0.15) is 29.8 Å². The van der Waals surface area contributed by atoms with Gasteiger partial charge in [0.2, 0.25) is 0 Å². The third kappa shape index (κ3) is 2.00. The van der Waals surface area contributed by atoms with Gasteiger partial charge in [-0.1, -0.05) is 11.6 Å². The van der Waals surface area contributed by atoms with E-state index >= 15 is 0 Å². The predicted molar refractivity (Wildman–Crippen MR) is 69.9 cm³/mol. The van der Waals surface area contributed by atoms with Gasteiger partial charge in [0, 0.05) is 10.6 Å². The maximum absolute atomic E-state index is 14.0. The van der Waals surface area contributed by atoms with Gasteiger partial charge in [0.05, 0.1) is 5.69 Å². The van der Waals surface area contributed by atoms with Gasteiger partial charge in [0.25, 0.3) is 0 Å². The summed E-state index contributed by atoms with van der Waals surface area (Å²) < 4.78 is 15.4. The number of aromatic nitrogens is 2. The number of hydrogen-bond donors (Lipinski definition) is 0. The third-order valence-corrected chi connectivity index (χ3v) is 3.64. The zero-order valence-corrected chi connectivity index (χ0v) is 10.9. The quantitative estimate of drug-likeness (QED) is 0.800. The van der Waals surface area contributed by atoms with Crippen molar-refractivity contribution in [1.82, 2.24) is 9.78 Å². The summed E-state index contributed by atoms with van der Waals surface area (Å²) in [6.07, 6.45) is 3.81. The molecule has 1 aliphatic rings. The zero-order chi connectivity index (χ0) is 13.4. The summed E-state index contributed by atoms with van der Waals surface area (Å²) in [5.74, 6) is -0.469. The van der Waals surface area contributed by atoms with Gasteiger partial charge in [0.1, 0.15) is 23.3 Å². The van der Waals surface area contributed by atoms with Gasteiger partial charge < -0.3 is 0 Å². The number of aryl methyl sites for hydroxylation is 1. The molecule has 0 amide bonds. The van der Waals surface area contributed by atoms with Crippen molar-refractivity contribution in [2.75, 3.05) is 0 Å². The monoisotopic (exact) mass is 275 g/mol. The minimum atomic E-state index is -0.469. The van der Waals surface area contributed by atoms with Crippen LogP contribution in [0, 0.1) is 17.1 Å². The minimum absolute atomic E-state index is 0.273. The smallest absolute Gasteiger partial charge is 0.150 e. The first-order valence-electron chi connectivity index (χ1n) is 6.17. The van der Waals surface area contributed by atoms with Crippen molar-refractivity contribution in [1.29, 1.82) is 5.26 Å². The Morgan fingerprint density at radius 3 is 2.84 bits per heavy atom. The summed E-state index contributed by atoms with van der Waals surface area (Å²) in [5, 5.41) is 14.0.